The predicted molar refractivity (Wildman–Crippen MR) is 105 cm³/mol. The van der Waals surface area contributed by atoms with Gasteiger partial charge in [0.25, 0.3) is 0 Å². The van der Waals surface area contributed by atoms with E-state index in [9.17, 15) is 4.79 Å². The van der Waals surface area contributed by atoms with Crippen molar-refractivity contribution in [3.8, 4) is 5.75 Å². The first-order valence-corrected chi connectivity index (χ1v) is 9.23. The maximum Gasteiger partial charge on any atom is 0.410 e. The van der Waals surface area contributed by atoms with Gasteiger partial charge in [-0.3, -0.25) is 4.90 Å². The largest absolute Gasteiger partial charge is 0.497 e. The van der Waals surface area contributed by atoms with Crippen molar-refractivity contribution in [3.63, 3.8) is 0 Å². The van der Waals surface area contributed by atoms with Gasteiger partial charge in [0.2, 0.25) is 0 Å². The van der Waals surface area contributed by atoms with E-state index in [0.717, 1.165) is 34.3 Å². The molecule has 1 aromatic heterocycles. The van der Waals surface area contributed by atoms with Crippen LogP contribution in [0.25, 0.3) is 10.9 Å². The zero-order chi connectivity index (χ0) is 19.0. The van der Waals surface area contributed by atoms with Crippen LogP contribution in [0.2, 0.25) is 0 Å². The number of carbonyl (C=O) groups excluding carboxylic acids is 1. The third-order valence-electron chi connectivity index (χ3n) is 5.47. The number of benzene rings is 2. The molecule has 5 nitrogen and oxygen atoms in total. The lowest BCUT2D eigenvalue weighted by Crippen LogP contribution is -2.37. The monoisotopic (exact) mass is 364 g/mol. The molecule has 0 aliphatic carbocycles. The summed E-state index contributed by atoms with van der Waals surface area (Å²) >= 11 is 0. The molecule has 2 heterocycles. The molecule has 2 atom stereocenters. The van der Waals surface area contributed by atoms with Crippen LogP contribution < -0.4 is 4.74 Å². The minimum Gasteiger partial charge on any atom is -0.497 e. The molecule has 0 saturated carbocycles. The molecule has 4 rings (SSSR count). The number of aromatic nitrogens is 1. The van der Waals surface area contributed by atoms with Gasteiger partial charge in [0.1, 0.15) is 12.4 Å². The molecule has 2 aromatic carbocycles. The number of methoxy groups -OCH3 is 1. The smallest absolute Gasteiger partial charge is 0.410 e. The second-order valence-corrected chi connectivity index (χ2v) is 7.07. The van der Waals surface area contributed by atoms with Crippen molar-refractivity contribution in [2.45, 2.75) is 32.4 Å². The van der Waals surface area contributed by atoms with Gasteiger partial charge in [0, 0.05) is 16.6 Å². The summed E-state index contributed by atoms with van der Waals surface area (Å²) < 4.78 is 10.8. The van der Waals surface area contributed by atoms with Gasteiger partial charge >= 0.3 is 6.09 Å². The molecule has 27 heavy (non-hydrogen) atoms. The number of rotatable bonds is 5. The van der Waals surface area contributed by atoms with Crippen LogP contribution in [-0.4, -0.2) is 35.7 Å². The number of fused-ring (bicyclic) bond motifs is 1. The third kappa shape index (κ3) is 3.14. The fraction of sp³-hybridized carbons (Fsp3) is 0.318. The number of aryl methyl sites for hydroxylation is 1. The Morgan fingerprint density at radius 1 is 1.26 bits per heavy atom. The molecule has 0 radical (unpaired) electrons. The number of hydrogen-bond donors (Lipinski definition) is 1. The molecular weight excluding hydrogens is 340 g/mol. The summed E-state index contributed by atoms with van der Waals surface area (Å²) in [7, 11) is 1.67. The quantitative estimate of drug-likeness (QED) is 0.719. The first-order valence-electron chi connectivity index (χ1n) is 9.23. The zero-order valence-electron chi connectivity index (χ0n) is 15.9. The molecule has 0 unspecified atom stereocenters. The van der Waals surface area contributed by atoms with Gasteiger partial charge in [0.15, 0.2) is 0 Å². The fourth-order valence-corrected chi connectivity index (χ4v) is 3.98. The Labute approximate surface area is 158 Å². The fourth-order valence-electron chi connectivity index (χ4n) is 3.98. The average molecular weight is 364 g/mol. The SMILES string of the molecule is COc1ccc2[nH]c(C)c(C[C@H]3COC(=O)N3[C@@H](C)c3ccccc3)c2c1. The number of amides is 1. The van der Waals surface area contributed by atoms with Crippen LogP contribution in [0.1, 0.15) is 29.8 Å². The third-order valence-corrected chi connectivity index (χ3v) is 5.47. The first-order chi connectivity index (χ1) is 13.1. The number of ether oxygens (including phenoxy) is 2. The minimum absolute atomic E-state index is 0.00314. The van der Waals surface area contributed by atoms with Crippen LogP contribution in [0.4, 0.5) is 4.79 Å². The van der Waals surface area contributed by atoms with E-state index in [1.807, 2.05) is 35.2 Å². The summed E-state index contributed by atoms with van der Waals surface area (Å²) in [6.07, 6.45) is 0.494. The highest BCUT2D eigenvalue weighted by atomic mass is 16.6. The van der Waals surface area contributed by atoms with Crippen LogP contribution in [0.3, 0.4) is 0 Å². The van der Waals surface area contributed by atoms with E-state index in [2.05, 4.69) is 37.0 Å². The predicted octanol–water partition coefficient (Wildman–Crippen LogP) is 4.61. The van der Waals surface area contributed by atoms with Gasteiger partial charge in [-0.15, -0.1) is 0 Å². The van der Waals surface area contributed by atoms with E-state index < -0.39 is 0 Å². The molecule has 1 saturated heterocycles. The Bertz CT molecular complexity index is 964. The number of aromatic amines is 1. The molecule has 0 bridgehead atoms. The van der Waals surface area contributed by atoms with Crippen molar-refractivity contribution in [2.75, 3.05) is 13.7 Å². The number of H-pyrrole nitrogens is 1. The van der Waals surface area contributed by atoms with Gasteiger partial charge in [0.05, 0.1) is 19.2 Å². The molecule has 1 aliphatic rings. The molecule has 1 amide bonds. The normalized spacial score (nSPS) is 18.0. The molecule has 3 aromatic rings. The Kier molecular flexibility index (Phi) is 4.52. The zero-order valence-corrected chi connectivity index (χ0v) is 15.9. The summed E-state index contributed by atoms with van der Waals surface area (Å²) in [5, 5.41) is 1.14. The van der Waals surface area contributed by atoms with Gasteiger partial charge < -0.3 is 14.5 Å². The van der Waals surface area contributed by atoms with E-state index in [4.69, 9.17) is 9.47 Å². The molecule has 1 aliphatic heterocycles. The van der Waals surface area contributed by atoms with Crippen molar-refractivity contribution >= 4 is 17.0 Å². The van der Waals surface area contributed by atoms with Crippen molar-refractivity contribution in [1.29, 1.82) is 0 Å². The number of nitrogens with zero attached hydrogens (tertiary/aromatic N) is 1. The molecule has 140 valence electrons. The van der Waals surface area contributed by atoms with E-state index in [1.54, 1.807) is 7.11 Å². The summed E-state index contributed by atoms with van der Waals surface area (Å²) in [4.78, 5) is 17.8. The molecule has 1 fully saturated rings. The van der Waals surface area contributed by atoms with Gasteiger partial charge in [-0.1, -0.05) is 30.3 Å². The maximum absolute atomic E-state index is 12.5. The van der Waals surface area contributed by atoms with Crippen LogP contribution >= 0.6 is 0 Å². The Morgan fingerprint density at radius 3 is 2.78 bits per heavy atom. The van der Waals surface area contributed by atoms with Crippen molar-refractivity contribution < 1.29 is 14.3 Å². The Morgan fingerprint density at radius 2 is 2.04 bits per heavy atom. The van der Waals surface area contributed by atoms with Gasteiger partial charge in [-0.05, 0) is 49.6 Å². The summed E-state index contributed by atoms with van der Waals surface area (Å²) in [6, 6.07) is 16.1. The molecule has 0 spiro atoms. The highest BCUT2D eigenvalue weighted by molar-refractivity contribution is 5.86. The lowest BCUT2D eigenvalue weighted by Gasteiger charge is -2.28. The highest BCUT2D eigenvalue weighted by Gasteiger charge is 2.37. The van der Waals surface area contributed by atoms with Crippen LogP contribution in [0.15, 0.2) is 48.5 Å². The first kappa shape index (κ1) is 17.5. The molecule has 5 heteroatoms. The summed E-state index contributed by atoms with van der Waals surface area (Å²) in [6.45, 7) is 4.54. The van der Waals surface area contributed by atoms with Gasteiger partial charge in [-0.2, -0.15) is 0 Å². The average Bonchev–Trinajstić information content (AvgIpc) is 3.21. The lowest BCUT2D eigenvalue weighted by molar-refractivity contribution is 0.147. The van der Waals surface area contributed by atoms with E-state index >= 15 is 0 Å². The van der Waals surface area contributed by atoms with Crippen LogP contribution in [0.5, 0.6) is 5.75 Å². The molecular formula is C22H24N2O3. The van der Waals surface area contributed by atoms with Crippen LogP contribution in [-0.2, 0) is 11.2 Å². The number of hydrogen-bond acceptors (Lipinski definition) is 3. The van der Waals surface area contributed by atoms with Crippen molar-refractivity contribution in [1.82, 2.24) is 9.88 Å². The van der Waals surface area contributed by atoms with E-state index in [1.165, 1.54) is 5.56 Å². The van der Waals surface area contributed by atoms with E-state index in [0.29, 0.717) is 6.61 Å². The Hall–Kier alpha value is -2.95. The second kappa shape index (κ2) is 6.99. The Balaban J connectivity index is 1.66. The van der Waals surface area contributed by atoms with Gasteiger partial charge in [-0.25, -0.2) is 4.79 Å². The van der Waals surface area contributed by atoms with Crippen molar-refractivity contribution in [2.24, 2.45) is 0 Å². The van der Waals surface area contributed by atoms with Crippen LogP contribution in [0, 0.1) is 6.92 Å². The number of nitrogens with one attached hydrogen (secondary N) is 1. The summed E-state index contributed by atoms with van der Waals surface area (Å²) in [5.41, 5.74) is 4.51. The highest BCUT2D eigenvalue weighted by Crippen LogP contribution is 2.32. The summed E-state index contributed by atoms with van der Waals surface area (Å²) in [5.74, 6) is 0.830. The number of cyclic esters (lactones) is 1. The maximum atomic E-state index is 12.5. The second-order valence-electron chi connectivity index (χ2n) is 7.07. The minimum atomic E-state index is -0.244. The standard InChI is InChI=1S/C22H24N2O3/c1-14-19(20-12-18(26-3)9-10-21(20)23-14)11-17-13-27-22(25)24(17)15(2)16-7-5-4-6-8-16/h4-10,12,15,17,23H,11,13H2,1-3H3/t15-,17-/m0/s1. The lowest BCUT2D eigenvalue weighted by atomic mass is 9.99. The topological polar surface area (TPSA) is 54.6 Å². The number of carbonyl (C=O) groups is 1. The molecule has 1 N–H and O–H groups in total. The van der Waals surface area contributed by atoms with E-state index in [-0.39, 0.29) is 18.2 Å². The van der Waals surface area contributed by atoms with Crippen molar-refractivity contribution in [3.05, 3.63) is 65.4 Å².